The zero-order valence-electron chi connectivity index (χ0n) is 12.9. The van der Waals surface area contributed by atoms with Crippen molar-refractivity contribution >= 4 is 6.03 Å². The van der Waals surface area contributed by atoms with Crippen LogP contribution in [0.25, 0.3) is 0 Å². The first kappa shape index (κ1) is 16.5. The molecular formula is C17H25N3O2. The third-order valence-electron chi connectivity index (χ3n) is 4.00. The Morgan fingerprint density at radius 1 is 1.36 bits per heavy atom. The van der Waals surface area contributed by atoms with E-state index in [1.807, 2.05) is 36.4 Å². The fourth-order valence-corrected chi connectivity index (χ4v) is 2.75. The molecule has 1 atom stereocenters. The number of amides is 2. The summed E-state index contributed by atoms with van der Waals surface area (Å²) in [6, 6.07) is 9.10. The van der Waals surface area contributed by atoms with Gasteiger partial charge in [-0.1, -0.05) is 36.4 Å². The van der Waals surface area contributed by atoms with Gasteiger partial charge in [0.25, 0.3) is 0 Å². The number of aliphatic hydroxyl groups excluding tert-OH is 1. The lowest BCUT2D eigenvalue weighted by molar-refractivity contribution is 0.195. The number of piperidine rings is 1. The number of carbonyl (C=O) groups excluding carboxylic acids is 1. The molecule has 1 aromatic rings. The lowest BCUT2D eigenvalue weighted by Gasteiger charge is -2.31. The van der Waals surface area contributed by atoms with Crippen molar-refractivity contribution in [2.24, 2.45) is 0 Å². The van der Waals surface area contributed by atoms with Gasteiger partial charge in [0.2, 0.25) is 0 Å². The molecule has 1 unspecified atom stereocenters. The molecule has 1 aliphatic rings. The summed E-state index contributed by atoms with van der Waals surface area (Å²) in [5, 5.41) is 15.3. The van der Waals surface area contributed by atoms with Crippen LogP contribution < -0.4 is 10.6 Å². The van der Waals surface area contributed by atoms with E-state index < -0.39 is 0 Å². The van der Waals surface area contributed by atoms with Gasteiger partial charge >= 0.3 is 6.03 Å². The van der Waals surface area contributed by atoms with Gasteiger partial charge in [-0.15, -0.1) is 6.58 Å². The van der Waals surface area contributed by atoms with Crippen molar-refractivity contribution in [3.63, 3.8) is 0 Å². The SMILES string of the molecule is C=CCN1CCC(NC(=O)NC(CO)c2ccccc2)CC1. The predicted octanol–water partition coefficient (Wildman–Crippen LogP) is 1.67. The number of urea groups is 1. The number of rotatable bonds is 6. The van der Waals surface area contributed by atoms with Crippen molar-refractivity contribution in [2.45, 2.75) is 24.9 Å². The normalized spacial score (nSPS) is 17.7. The summed E-state index contributed by atoms with van der Waals surface area (Å²) < 4.78 is 0. The summed E-state index contributed by atoms with van der Waals surface area (Å²) >= 11 is 0. The highest BCUT2D eigenvalue weighted by Gasteiger charge is 2.21. The number of nitrogens with zero attached hydrogens (tertiary/aromatic N) is 1. The van der Waals surface area contributed by atoms with Crippen LogP contribution in [0.1, 0.15) is 24.4 Å². The quantitative estimate of drug-likeness (QED) is 0.701. The highest BCUT2D eigenvalue weighted by Crippen LogP contribution is 2.13. The van der Waals surface area contributed by atoms with Crippen LogP contribution in [0.15, 0.2) is 43.0 Å². The van der Waals surface area contributed by atoms with E-state index in [1.54, 1.807) is 0 Å². The number of benzene rings is 1. The molecule has 22 heavy (non-hydrogen) atoms. The summed E-state index contributed by atoms with van der Waals surface area (Å²) in [6.07, 6.45) is 3.79. The Labute approximate surface area is 132 Å². The van der Waals surface area contributed by atoms with Crippen molar-refractivity contribution in [1.29, 1.82) is 0 Å². The third-order valence-corrected chi connectivity index (χ3v) is 4.00. The maximum absolute atomic E-state index is 12.1. The molecule has 0 spiro atoms. The topological polar surface area (TPSA) is 64.6 Å². The van der Waals surface area contributed by atoms with Gasteiger partial charge < -0.3 is 15.7 Å². The molecular weight excluding hydrogens is 278 g/mol. The molecule has 0 bridgehead atoms. The molecule has 1 aromatic carbocycles. The van der Waals surface area contributed by atoms with Crippen LogP contribution in [0.3, 0.4) is 0 Å². The van der Waals surface area contributed by atoms with E-state index in [0.29, 0.717) is 0 Å². The maximum atomic E-state index is 12.1. The minimum atomic E-state index is -0.373. The van der Waals surface area contributed by atoms with E-state index in [9.17, 15) is 9.90 Å². The lowest BCUT2D eigenvalue weighted by atomic mass is 10.1. The largest absolute Gasteiger partial charge is 0.394 e. The number of aliphatic hydroxyl groups is 1. The molecule has 0 aliphatic carbocycles. The molecule has 5 nitrogen and oxygen atoms in total. The highest BCUT2D eigenvalue weighted by atomic mass is 16.3. The molecule has 1 fully saturated rings. The number of carbonyl (C=O) groups is 1. The lowest BCUT2D eigenvalue weighted by Crippen LogP contribution is -2.48. The summed E-state index contributed by atoms with van der Waals surface area (Å²) in [5.41, 5.74) is 0.904. The fraction of sp³-hybridized carbons (Fsp3) is 0.471. The first-order chi connectivity index (χ1) is 10.7. The Morgan fingerprint density at radius 2 is 2.05 bits per heavy atom. The molecule has 0 aromatic heterocycles. The Kier molecular flexibility index (Phi) is 6.43. The molecule has 0 radical (unpaired) electrons. The number of hydrogen-bond donors (Lipinski definition) is 3. The smallest absolute Gasteiger partial charge is 0.315 e. The summed E-state index contributed by atoms with van der Waals surface area (Å²) in [6.45, 7) is 6.48. The third kappa shape index (κ3) is 4.86. The average Bonchev–Trinajstić information content (AvgIpc) is 2.55. The van der Waals surface area contributed by atoms with E-state index in [0.717, 1.165) is 38.0 Å². The van der Waals surface area contributed by atoms with Gasteiger partial charge in [-0.2, -0.15) is 0 Å². The van der Waals surface area contributed by atoms with Crippen LogP contribution in [0.5, 0.6) is 0 Å². The number of hydrogen-bond acceptors (Lipinski definition) is 3. The Balaban J connectivity index is 1.79. The molecule has 1 heterocycles. The molecule has 2 rings (SSSR count). The van der Waals surface area contributed by atoms with E-state index in [4.69, 9.17) is 0 Å². The zero-order valence-corrected chi connectivity index (χ0v) is 12.9. The van der Waals surface area contributed by atoms with Crippen molar-refractivity contribution < 1.29 is 9.90 Å². The molecule has 3 N–H and O–H groups in total. The standard InChI is InChI=1S/C17H25N3O2/c1-2-10-20-11-8-15(9-12-20)18-17(22)19-16(13-21)14-6-4-3-5-7-14/h2-7,15-16,21H,1,8-13H2,(H2,18,19,22). The highest BCUT2D eigenvalue weighted by molar-refractivity contribution is 5.74. The van der Waals surface area contributed by atoms with Crippen molar-refractivity contribution in [3.8, 4) is 0 Å². The summed E-state index contributed by atoms with van der Waals surface area (Å²) in [7, 11) is 0. The van der Waals surface area contributed by atoms with Gasteiger partial charge in [-0.05, 0) is 18.4 Å². The molecule has 2 amide bonds. The second kappa shape index (κ2) is 8.56. The Morgan fingerprint density at radius 3 is 2.64 bits per heavy atom. The van der Waals surface area contributed by atoms with Gasteiger partial charge in [-0.25, -0.2) is 4.79 Å². The van der Waals surface area contributed by atoms with E-state index >= 15 is 0 Å². The van der Waals surface area contributed by atoms with Crippen LogP contribution >= 0.6 is 0 Å². The summed E-state index contributed by atoms with van der Waals surface area (Å²) in [5.74, 6) is 0. The van der Waals surface area contributed by atoms with Crippen LogP contribution in [0, 0.1) is 0 Å². The van der Waals surface area contributed by atoms with Gasteiger partial charge in [0.1, 0.15) is 0 Å². The van der Waals surface area contributed by atoms with Crippen molar-refractivity contribution in [1.82, 2.24) is 15.5 Å². The van der Waals surface area contributed by atoms with Crippen LogP contribution in [-0.2, 0) is 0 Å². The zero-order chi connectivity index (χ0) is 15.8. The fourth-order valence-electron chi connectivity index (χ4n) is 2.75. The van der Waals surface area contributed by atoms with Gasteiger partial charge in [-0.3, -0.25) is 4.90 Å². The van der Waals surface area contributed by atoms with Crippen molar-refractivity contribution in [3.05, 3.63) is 48.6 Å². The molecule has 0 saturated carbocycles. The summed E-state index contributed by atoms with van der Waals surface area (Å²) in [4.78, 5) is 14.4. The van der Waals surface area contributed by atoms with Gasteiger partial charge in [0, 0.05) is 25.7 Å². The minimum absolute atomic E-state index is 0.116. The second-order valence-electron chi connectivity index (χ2n) is 5.63. The van der Waals surface area contributed by atoms with Gasteiger partial charge in [0.15, 0.2) is 0 Å². The van der Waals surface area contributed by atoms with Gasteiger partial charge in [0.05, 0.1) is 12.6 Å². The number of nitrogens with one attached hydrogen (secondary N) is 2. The van der Waals surface area contributed by atoms with Crippen LogP contribution in [0.4, 0.5) is 4.79 Å². The minimum Gasteiger partial charge on any atom is -0.394 e. The van der Waals surface area contributed by atoms with Crippen LogP contribution in [-0.4, -0.2) is 48.3 Å². The second-order valence-corrected chi connectivity index (χ2v) is 5.63. The Bertz CT molecular complexity index is 470. The number of likely N-dealkylation sites (tertiary alicyclic amines) is 1. The molecule has 5 heteroatoms. The van der Waals surface area contributed by atoms with E-state index in [2.05, 4.69) is 22.1 Å². The average molecular weight is 303 g/mol. The van der Waals surface area contributed by atoms with Crippen LogP contribution in [0.2, 0.25) is 0 Å². The van der Waals surface area contributed by atoms with Crippen molar-refractivity contribution in [2.75, 3.05) is 26.2 Å². The molecule has 1 saturated heterocycles. The van der Waals surface area contributed by atoms with E-state index in [1.165, 1.54) is 0 Å². The first-order valence-corrected chi connectivity index (χ1v) is 7.79. The molecule has 120 valence electrons. The monoisotopic (exact) mass is 303 g/mol. The Hall–Kier alpha value is -1.85. The predicted molar refractivity (Wildman–Crippen MR) is 87.6 cm³/mol. The maximum Gasteiger partial charge on any atom is 0.315 e. The first-order valence-electron chi connectivity index (χ1n) is 7.79. The van der Waals surface area contributed by atoms with E-state index in [-0.39, 0.29) is 24.7 Å². The molecule has 1 aliphatic heterocycles.